The van der Waals surface area contributed by atoms with Gasteiger partial charge in [0, 0.05) is 9.80 Å². The second-order valence-electron chi connectivity index (χ2n) is 2.28. The fraction of sp³-hybridized carbons (Fsp3) is 0.250. The van der Waals surface area contributed by atoms with Crippen molar-refractivity contribution >= 4 is 31.9 Å². The van der Waals surface area contributed by atoms with Crippen LogP contribution in [0.2, 0.25) is 0 Å². The fourth-order valence-electron chi connectivity index (χ4n) is 0.821. The zero-order valence-corrected chi connectivity index (χ0v) is 9.17. The Morgan fingerprint density at radius 2 is 2.09 bits per heavy atom. The zero-order chi connectivity index (χ0) is 8.43. The van der Waals surface area contributed by atoms with Crippen molar-refractivity contribution in [3.63, 3.8) is 0 Å². The van der Waals surface area contributed by atoms with Crippen LogP contribution in [0.3, 0.4) is 0 Å². The second kappa shape index (κ2) is 3.68. The van der Waals surface area contributed by atoms with Crippen LogP contribution in [0, 0.1) is 12.7 Å². The summed E-state index contributed by atoms with van der Waals surface area (Å²) in [7, 11) is 0. The molecule has 0 bridgehead atoms. The molecule has 11 heavy (non-hydrogen) atoms. The predicted molar refractivity (Wildman–Crippen MR) is 51.5 cm³/mol. The third-order valence-electron chi connectivity index (χ3n) is 1.54. The Kier molecular flexibility index (Phi) is 3.07. The molecule has 0 saturated heterocycles. The van der Waals surface area contributed by atoms with Crippen molar-refractivity contribution in [2.24, 2.45) is 0 Å². The first-order chi connectivity index (χ1) is 5.16. The maximum Gasteiger partial charge on any atom is 0.131 e. The average molecular weight is 282 g/mol. The van der Waals surface area contributed by atoms with Crippen LogP contribution in [0.15, 0.2) is 16.6 Å². The molecule has 0 aromatic heterocycles. The molecule has 0 atom stereocenters. The molecule has 0 radical (unpaired) electrons. The number of benzene rings is 1. The van der Waals surface area contributed by atoms with E-state index in [4.69, 9.17) is 0 Å². The molecule has 60 valence electrons. The van der Waals surface area contributed by atoms with E-state index in [1.165, 1.54) is 0 Å². The van der Waals surface area contributed by atoms with E-state index in [1.807, 2.05) is 6.07 Å². The van der Waals surface area contributed by atoms with Crippen LogP contribution in [0.5, 0.6) is 0 Å². The van der Waals surface area contributed by atoms with E-state index >= 15 is 0 Å². The van der Waals surface area contributed by atoms with Gasteiger partial charge in [-0.1, -0.05) is 37.9 Å². The summed E-state index contributed by atoms with van der Waals surface area (Å²) in [5.41, 5.74) is 1.37. The summed E-state index contributed by atoms with van der Waals surface area (Å²) in [6.07, 6.45) is 0. The van der Waals surface area contributed by atoms with Gasteiger partial charge >= 0.3 is 0 Å². The number of alkyl halides is 1. The minimum absolute atomic E-state index is 0.128. The summed E-state index contributed by atoms with van der Waals surface area (Å²) >= 11 is 6.47. The van der Waals surface area contributed by atoms with Gasteiger partial charge in [-0.05, 0) is 24.1 Å². The first-order valence-electron chi connectivity index (χ1n) is 3.16. The summed E-state index contributed by atoms with van der Waals surface area (Å²) in [6, 6.07) is 3.62. The van der Waals surface area contributed by atoms with Crippen molar-refractivity contribution < 1.29 is 4.39 Å². The third kappa shape index (κ3) is 1.82. The molecule has 0 N–H and O–H groups in total. The van der Waals surface area contributed by atoms with Crippen LogP contribution in [0.25, 0.3) is 0 Å². The molecule has 1 rings (SSSR count). The highest BCUT2D eigenvalue weighted by atomic mass is 79.9. The van der Waals surface area contributed by atoms with E-state index in [1.54, 1.807) is 13.0 Å². The molecule has 0 aliphatic carbocycles. The number of rotatable bonds is 1. The van der Waals surface area contributed by atoms with Crippen molar-refractivity contribution in [1.29, 1.82) is 0 Å². The molecule has 0 saturated carbocycles. The van der Waals surface area contributed by atoms with Gasteiger partial charge in [0.05, 0.1) is 0 Å². The standard InChI is InChI=1S/C8H7Br2F/c1-5-7(10)3-2-6(4-9)8(5)11/h2-3H,4H2,1H3. The lowest BCUT2D eigenvalue weighted by atomic mass is 10.1. The van der Waals surface area contributed by atoms with Crippen molar-refractivity contribution in [2.75, 3.05) is 0 Å². The van der Waals surface area contributed by atoms with Crippen molar-refractivity contribution in [3.05, 3.63) is 33.5 Å². The molecule has 1 aromatic rings. The highest BCUT2D eigenvalue weighted by Crippen LogP contribution is 2.22. The Balaban J connectivity index is 3.25. The molecular weight excluding hydrogens is 275 g/mol. The quantitative estimate of drug-likeness (QED) is 0.687. The Hall–Kier alpha value is 0.110. The topological polar surface area (TPSA) is 0 Å². The Morgan fingerprint density at radius 1 is 1.45 bits per heavy atom. The van der Waals surface area contributed by atoms with Crippen LogP contribution < -0.4 is 0 Å². The summed E-state index contributed by atoms with van der Waals surface area (Å²) in [6.45, 7) is 1.76. The Morgan fingerprint density at radius 3 is 2.64 bits per heavy atom. The highest BCUT2D eigenvalue weighted by Gasteiger charge is 2.05. The van der Waals surface area contributed by atoms with E-state index in [9.17, 15) is 4.39 Å². The largest absolute Gasteiger partial charge is 0.206 e. The van der Waals surface area contributed by atoms with E-state index in [0.29, 0.717) is 16.5 Å². The van der Waals surface area contributed by atoms with Crippen LogP contribution >= 0.6 is 31.9 Å². The fourth-order valence-corrected chi connectivity index (χ4v) is 1.56. The predicted octanol–water partition coefficient (Wildman–Crippen LogP) is 3.79. The lowest BCUT2D eigenvalue weighted by molar-refractivity contribution is 0.607. The molecule has 0 spiro atoms. The van der Waals surface area contributed by atoms with Gasteiger partial charge in [-0.25, -0.2) is 4.39 Å². The summed E-state index contributed by atoms with van der Waals surface area (Å²) < 4.78 is 14.0. The molecule has 0 unspecified atom stereocenters. The van der Waals surface area contributed by atoms with Crippen molar-refractivity contribution in [2.45, 2.75) is 12.3 Å². The van der Waals surface area contributed by atoms with Gasteiger partial charge in [-0.3, -0.25) is 0 Å². The van der Waals surface area contributed by atoms with Gasteiger partial charge in [-0.15, -0.1) is 0 Å². The Bertz CT molecular complexity index is 271. The molecule has 1 aromatic carbocycles. The van der Waals surface area contributed by atoms with Crippen LogP contribution in [-0.4, -0.2) is 0 Å². The molecule has 0 nitrogen and oxygen atoms in total. The van der Waals surface area contributed by atoms with E-state index in [-0.39, 0.29) is 5.82 Å². The normalized spacial score (nSPS) is 10.2. The third-order valence-corrected chi connectivity index (χ3v) is 3.01. The van der Waals surface area contributed by atoms with E-state index in [0.717, 1.165) is 4.47 Å². The zero-order valence-electron chi connectivity index (χ0n) is 6.00. The lowest BCUT2D eigenvalue weighted by Crippen LogP contribution is -1.90. The maximum atomic E-state index is 13.2. The molecule has 3 heteroatoms. The molecule has 0 aliphatic heterocycles. The molecular formula is C8H7Br2F. The van der Waals surface area contributed by atoms with Gasteiger partial charge < -0.3 is 0 Å². The molecule has 0 amide bonds. The highest BCUT2D eigenvalue weighted by molar-refractivity contribution is 9.10. The average Bonchev–Trinajstić information content (AvgIpc) is 2.01. The number of hydrogen-bond acceptors (Lipinski definition) is 0. The second-order valence-corrected chi connectivity index (χ2v) is 3.69. The molecule has 0 fully saturated rings. The maximum absolute atomic E-state index is 13.2. The number of hydrogen-bond donors (Lipinski definition) is 0. The van der Waals surface area contributed by atoms with Crippen LogP contribution in [-0.2, 0) is 5.33 Å². The van der Waals surface area contributed by atoms with Gasteiger partial charge in [0.25, 0.3) is 0 Å². The van der Waals surface area contributed by atoms with Gasteiger partial charge in [-0.2, -0.15) is 0 Å². The van der Waals surface area contributed by atoms with Gasteiger partial charge in [0.1, 0.15) is 5.82 Å². The monoisotopic (exact) mass is 280 g/mol. The van der Waals surface area contributed by atoms with Gasteiger partial charge in [0.2, 0.25) is 0 Å². The van der Waals surface area contributed by atoms with Crippen molar-refractivity contribution in [3.8, 4) is 0 Å². The molecule has 0 heterocycles. The first kappa shape index (κ1) is 9.20. The SMILES string of the molecule is Cc1c(Br)ccc(CBr)c1F. The summed E-state index contributed by atoms with van der Waals surface area (Å²) in [4.78, 5) is 0. The smallest absolute Gasteiger partial charge is 0.131 e. The molecule has 0 aliphatic rings. The Labute approximate surface area is 82.1 Å². The first-order valence-corrected chi connectivity index (χ1v) is 5.07. The summed E-state index contributed by atoms with van der Waals surface area (Å²) in [5.74, 6) is -0.128. The summed E-state index contributed by atoms with van der Waals surface area (Å²) in [5, 5.41) is 0.562. The number of halogens is 3. The minimum Gasteiger partial charge on any atom is -0.206 e. The minimum atomic E-state index is -0.128. The lowest BCUT2D eigenvalue weighted by Gasteiger charge is -2.03. The van der Waals surface area contributed by atoms with Gasteiger partial charge in [0.15, 0.2) is 0 Å². The van der Waals surface area contributed by atoms with E-state index in [2.05, 4.69) is 31.9 Å². The van der Waals surface area contributed by atoms with Crippen LogP contribution in [0.4, 0.5) is 4.39 Å². The van der Waals surface area contributed by atoms with E-state index < -0.39 is 0 Å². The van der Waals surface area contributed by atoms with Crippen LogP contribution in [0.1, 0.15) is 11.1 Å². The van der Waals surface area contributed by atoms with Crippen molar-refractivity contribution in [1.82, 2.24) is 0 Å².